The van der Waals surface area contributed by atoms with Gasteiger partial charge in [-0.2, -0.15) is 0 Å². The van der Waals surface area contributed by atoms with Crippen molar-refractivity contribution in [3.05, 3.63) is 58.0 Å². The number of hydrogen-bond donors (Lipinski definition) is 1. The molecule has 1 N–H and O–H groups in total. The van der Waals surface area contributed by atoms with E-state index >= 15 is 0 Å². The fourth-order valence-corrected chi connectivity index (χ4v) is 3.93. The lowest BCUT2D eigenvalue weighted by molar-refractivity contribution is 0.101. The summed E-state index contributed by atoms with van der Waals surface area (Å²) < 4.78 is 31.2. The van der Waals surface area contributed by atoms with Gasteiger partial charge in [0.2, 0.25) is 0 Å². The van der Waals surface area contributed by atoms with Gasteiger partial charge in [0.15, 0.2) is 0 Å². The van der Waals surface area contributed by atoms with E-state index in [0.29, 0.717) is 11.2 Å². The molecule has 0 saturated carbocycles. The Morgan fingerprint density at radius 2 is 1.55 bits per heavy atom. The van der Waals surface area contributed by atoms with Gasteiger partial charge in [-0.1, -0.05) is 6.07 Å². The summed E-state index contributed by atoms with van der Waals surface area (Å²) in [5, 5.41) is 2.67. The number of rotatable bonds is 3. The number of nitrogens with one attached hydrogen (secondary N) is 1. The van der Waals surface area contributed by atoms with Crippen LogP contribution in [0, 0.1) is 11.6 Å². The lowest BCUT2D eigenvalue weighted by Crippen LogP contribution is -2.30. The summed E-state index contributed by atoms with van der Waals surface area (Å²) in [6.07, 6.45) is 3.16. The standard InChI is InChI=1S/C21H22F2N4O2/c1-25-17-11-15(24-20(28)19-13(22)7-6-8-14(19)23)16(27-9-4-3-5-10-27)12-18(17)26(2)21(25)29/h6-8,11-12H,3-5,9-10H2,1-2H3,(H,24,28). The van der Waals surface area contributed by atoms with E-state index in [4.69, 9.17) is 0 Å². The smallest absolute Gasteiger partial charge is 0.328 e. The minimum atomic E-state index is -0.921. The van der Waals surface area contributed by atoms with Crippen LogP contribution in [0.3, 0.4) is 0 Å². The second kappa shape index (κ2) is 7.35. The van der Waals surface area contributed by atoms with Crippen molar-refractivity contribution in [2.45, 2.75) is 19.3 Å². The van der Waals surface area contributed by atoms with Gasteiger partial charge >= 0.3 is 5.69 Å². The molecule has 0 aliphatic carbocycles. The first-order valence-electron chi connectivity index (χ1n) is 9.58. The number of nitrogens with zero attached hydrogens (tertiary/aromatic N) is 3. The fraction of sp³-hybridized carbons (Fsp3) is 0.333. The Balaban J connectivity index is 1.84. The number of piperidine rings is 1. The van der Waals surface area contributed by atoms with E-state index in [2.05, 4.69) is 10.2 Å². The van der Waals surface area contributed by atoms with Crippen molar-refractivity contribution < 1.29 is 13.6 Å². The number of hydrogen-bond acceptors (Lipinski definition) is 3. The van der Waals surface area contributed by atoms with Crippen LogP contribution in [0.1, 0.15) is 29.6 Å². The minimum Gasteiger partial charge on any atom is -0.370 e. The van der Waals surface area contributed by atoms with Gasteiger partial charge in [0.25, 0.3) is 5.91 Å². The molecule has 2 aromatic carbocycles. The van der Waals surface area contributed by atoms with Crippen LogP contribution in [-0.4, -0.2) is 28.1 Å². The van der Waals surface area contributed by atoms with Gasteiger partial charge in [0, 0.05) is 27.2 Å². The molecule has 152 valence electrons. The molecule has 0 bridgehead atoms. The molecule has 2 heterocycles. The number of aromatic nitrogens is 2. The van der Waals surface area contributed by atoms with Crippen molar-refractivity contribution in [1.29, 1.82) is 0 Å². The number of amides is 1. The highest BCUT2D eigenvalue weighted by molar-refractivity contribution is 6.07. The first-order valence-corrected chi connectivity index (χ1v) is 9.58. The summed E-state index contributed by atoms with van der Waals surface area (Å²) in [6.45, 7) is 1.62. The van der Waals surface area contributed by atoms with Gasteiger partial charge in [-0.05, 0) is 43.5 Å². The van der Waals surface area contributed by atoms with Gasteiger partial charge in [0.1, 0.15) is 17.2 Å². The van der Waals surface area contributed by atoms with E-state index in [0.717, 1.165) is 55.7 Å². The Morgan fingerprint density at radius 1 is 0.966 bits per heavy atom. The highest BCUT2D eigenvalue weighted by Gasteiger charge is 2.22. The number of halogens is 2. The molecule has 3 aromatic rings. The van der Waals surface area contributed by atoms with Crippen molar-refractivity contribution in [2.75, 3.05) is 23.3 Å². The number of benzene rings is 2. The fourth-order valence-electron chi connectivity index (χ4n) is 3.93. The number of carbonyl (C=O) groups is 1. The minimum absolute atomic E-state index is 0.187. The molecule has 4 rings (SSSR count). The van der Waals surface area contributed by atoms with E-state index in [9.17, 15) is 18.4 Å². The molecule has 1 aliphatic heterocycles. The first-order chi connectivity index (χ1) is 13.9. The van der Waals surface area contributed by atoms with Crippen molar-refractivity contribution in [2.24, 2.45) is 14.1 Å². The van der Waals surface area contributed by atoms with Gasteiger partial charge in [-0.3, -0.25) is 13.9 Å². The van der Waals surface area contributed by atoms with E-state index in [1.165, 1.54) is 10.6 Å². The average molecular weight is 400 g/mol. The summed E-state index contributed by atoms with van der Waals surface area (Å²) in [5.74, 6) is -2.70. The van der Waals surface area contributed by atoms with Crippen LogP contribution in [0.15, 0.2) is 35.1 Å². The van der Waals surface area contributed by atoms with Crippen molar-refractivity contribution >= 4 is 28.3 Å². The SMILES string of the molecule is Cn1c(=O)n(C)c2cc(N3CCCCC3)c(NC(=O)c3c(F)cccc3F)cc21. The topological polar surface area (TPSA) is 59.3 Å². The maximum Gasteiger partial charge on any atom is 0.328 e. The van der Waals surface area contributed by atoms with Gasteiger partial charge < -0.3 is 10.2 Å². The zero-order valence-electron chi connectivity index (χ0n) is 16.3. The number of imidazole rings is 1. The largest absolute Gasteiger partial charge is 0.370 e. The molecule has 1 aliphatic rings. The number of carbonyl (C=O) groups excluding carboxylic acids is 1. The third-order valence-corrected chi connectivity index (χ3v) is 5.52. The van der Waals surface area contributed by atoms with Crippen LogP contribution >= 0.6 is 0 Å². The zero-order valence-corrected chi connectivity index (χ0v) is 16.3. The second-order valence-electron chi connectivity index (χ2n) is 7.36. The van der Waals surface area contributed by atoms with E-state index in [1.54, 1.807) is 24.7 Å². The predicted octanol–water partition coefficient (Wildman–Crippen LogP) is 3.40. The van der Waals surface area contributed by atoms with E-state index < -0.39 is 23.1 Å². The number of aryl methyl sites for hydroxylation is 2. The molecule has 1 aromatic heterocycles. The van der Waals surface area contributed by atoms with Gasteiger partial charge in [0.05, 0.1) is 22.4 Å². The zero-order chi connectivity index (χ0) is 20.7. The molecule has 0 unspecified atom stereocenters. The predicted molar refractivity (Wildman–Crippen MR) is 109 cm³/mol. The Labute approximate surface area is 166 Å². The van der Waals surface area contributed by atoms with Crippen LogP contribution in [0.4, 0.5) is 20.2 Å². The third-order valence-electron chi connectivity index (χ3n) is 5.52. The van der Waals surface area contributed by atoms with Crippen LogP contribution < -0.4 is 15.9 Å². The van der Waals surface area contributed by atoms with Gasteiger partial charge in [-0.15, -0.1) is 0 Å². The Bertz CT molecular complexity index is 1140. The Morgan fingerprint density at radius 3 is 2.17 bits per heavy atom. The molecule has 1 fully saturated rings. The van der Waals surface area contributed by atoms with Crippen molar-refractivity contribution in [1.82, 2.24) is 9.13 Å². The first kappa shape index (κ1) is 19.2. The maximum absolute atomic E-state index is 14.1. The summed E-state index contributed by atoms with van der Waals surface area (Å²) in [7, 11) is 3.34. The molecule has 0 atom stereocenters. The molecule has 6 nitrogen and oxygen atoms in total. The maximum atomic E-state index is 14.1. The molecule has 1 amide bonds. The van der Waals surface area contributed by atoms with Crippen LogP contribution in [0.25, 0.3) is 11.0 Å². The summed E-state index contributed by atoms with van der Waals surface area (Å²) >= 11 is 0. The normalized spacial score (nSPS) is 14.4. The quantitative estimate of drug-likeness (QED) is 0.733. The Kier molecular flexibility index (Phi) is 4.86. The van der Waals surface area contributed by atoms with E-state index in [-0.39, 0.29) is 5.69 Å². The number of fused-ring (bicyclic) bond motifs is 1. The van der Waals surface area contributed by atoms with Gasteiger partial charge in [-0.25, -0.2) is 13.6 Å². The lowest BCUT2D eigenvalue weighted by atomic mass is 10.1. The second-order valence-corrected chi connectivity index (χ2v) is 7.36. The summed E-state index contributed by atoms with van der Waals surface area (Å²) in [6, 6.07) is 6.86. The monoisotopic (exact) mass is 400 g/mol. The summed E-state index contributed by atoms with van der Waals surface area (Å²) in [4.78, 5) is 27.2. The molecular formula is C21H22F2N4O2. The molecular weight excluding hydrogens is 378 g/mol. The van der Waals surface area contributed by atoms with Crippen molar-refractivity contribution in [3.8, 4) is 0 Å². The molecule has 1 saturated heterocycles. The Hall–Kier alpha value is -3.16. The highest BCUT2D eigenvalue weighted by atomic mass is 19.1. The molecule has 8 heteroatoms. The van der Waals surface area contributed by atoms with Crippen LogP contribution in [-0.2, 0) is 14.1 Å². The number of anilines is 2. The van der Waals surface area contributed by atoms with Crippen molar-refractivity contribution in [3.63, 3.8) is 0 Å². The lowest BCUT2D eigenvalue weighted by Gasteiger charge is -2.30. The molecule has 29 heavy (non-hydrogen) atoms. The van der Waals surface area contributed by atoms with Crippen LogP contribution in [0.2, 0.25) is 0 Å². The molecule has 0 radical (unpaired) electrons. The summed E-state index contributed by atoms with van der Waals surface area (Å²) in [5.41, 5.74) is 1.71. The van der Waals surface area contributed by atoms with Crippen LogP contribution in [0.5, 0.6) is 0 Å². The molecule has 0 spiro atoms. The third kappa shape index (κ3) is 3.28. The average Bonchev–Trinajstić information content (AvgIpc) is 2.92. The highest BCUT2D eigenvalue weighted by Crippen LogP contribution is 2.33. The van der Waals surface area contributed by atoms with E-state index in [1.807, 2.05) is 6.07 Å².